The summed E-state index contributed by atoms with van der Waals surface area (Å²) in [4.78, 5) is 0.846. The standard InChI is InChI=1S/C10H4ClFN2S2/c11-9-8(5-13)10(16-14-9)15-7-3-1-6(12)2-4-7/h1-4H. The molecule has 2 nitrogen and oxygen atoms in total. The highest BCUT2D eigenvalue weighted by atomic mass is 35.5. The Hall–Kier alpha value is -1.09. The Bertz CT molecular complexity index is 545. The molecule has 0 N–H and O–H groups in total. The fourth-order valence-electron chi connectivity index (χ4n) is 1.03. The first-order valence-corrected chi connectivity index (χ1v) is 6.16. The van der Waals surface area contributed by atoms with E-state index < -0.39 is 0 Å². The van der Waals surface area contributed by atoms with Crippen molar-refractivity contribution in [3.63, 3.8) is 0 Å². The van der Waals surface area contributed by atoms with Gasteiger partial charge in [0.1, 0.15) is 21.7 Å². The van der Waals surface area contributed by atoms with Crippen molar-refractivity contribution in [2.75, 3.05) is 0 Å². The van der Waals surface area contributed by atoms with Gasteiger partial charge in [0, 0.05) is 4.90 Å². The predicted molar refractivity (Wildman–Crippen MR) is 62.4 cm³/mol. The van der Waals surface area contributed by atoms with Crippen LogP contribution < -0.4 is 0 Å². The summed E-state index contributed by atoms with van der Waals surface area (Å²) in [6.07, 6.45) is 0. The summed E-state index contributed by atoms with van der Waals surface area (Å²) < 4.78 is 17.3. The zero-order valence-corrected chi connectivity index (χ0v) is 10.2. The topological polar surface area (TPSA) is 36.7 Å². The molecule has 0 spiro atoms. The molecule has 0 atom stereocenters. The third-order valence-corrected chi connectivity index (χ3v) is 4.14. The minimum absolute atomic E-state index is 0.220. The Balaban J connectivity index is 2.27. The van der Waals surface area contributed by atoms with Crippen molar-refractivity contribution in [1.29, 1.82) is 5.26 Å². The highest BCUT2D eigenvalue weighted by Crippen LogP contribution is 2.36. The van der Waals surface area contributed by atoms with E-state index in [1.807, 2.05) is 6.07 Å². The molecule has 1 heterocycles. The average Bonchev–Trinajstić information content (AvgIpc) is 2.63. The van der Waals surface area contributed by atoms with E-state index in [2.05, 4.69) is 4.37 Å². The first-order chi connectivity index (χ1) is 7.70. The summed E-state index contributed by atoms with van der Waals surface area (Å²) in [5.74, 6) is -0.285. The number of aromatic nitrogens is 1. The fraction of sp³-hybridized carbons (Fsp3) is 0. The van der Waals surface area contributed by atoms with Crippen LogP contribution in [0.25, 0.3) is 0 Å². The molecule has 80 valence electrons. The fourth-order valence-corrected chi connectivity index (χ4v) is 3.15. The van der Waals surface area contributed by atoms with Crippen molar-refractivity contribution in [1.82, 2.24) is 4.37 Å². The van der Waals surface area contributed by atoms with Crippen LogP contribution in [-0.2, 0) is 0 Å². The van der Waals surface area contributed by atoms with Crippen molar-refractivity contribution in [2.45, 2.75) is 9.10 Å². The molecule has 0 saturated carbocycles. The molecule has 0 radical (unpaired) electrons. The Morgan fingerprint density at radius 2 is 2.06 bits per heavy atom. The van der Waals surface area contributed by atoms with Crippen LogP contribution in [0.4, 0.5) is 4.39 Å². The lowest BCUT2D eigenvalue weighted by Gasteiger charge is -1.97. The van der Waals surface area contributed by atoms with E-state index in [-0.39, 0.29) is 11.0 Å². The summed E-state index contributed by atoms with van der Waals surface area (Å²) in [5, 5.41) is 9.09. The normalized spacial score (nSPS) is 10.1. The largest absolute Gasteiger partial charge is 0.207 e. The molecule has 0 saturated heterocycles. The molecule has 0 bridgehead atoms. The lowest BCUT2D eigenvalue weighted by atomic mass is 10.4. The van der Waals surface area contributed by atoms with Gasteiger partial charge in [-0.2, -0.15) is 9.64 Å². The summed E-state index contributed by atoms with van der Waals surface area (Å²) in [7, 11) is 0. The van der Waals surface area contributed by atoms with E-state index in [1.54, 1.807) is 12.1 Å². The first-order valence-electron chi connectivity index (χ1n) is 4.19. The van der Waals surface area contributed by atoms with Gasteiger partial charge in [-0.05, 0) is 35.8 Å². The molecule has 0 aliphatic rings. The number of hydrogen-bond donors (Lipinski definition) is 0. The summed E-state index contributed by atoms with van der Waals surface area (Å²) in [5.41, 5.74) is 0.376. The molecule has 16 heavy (non-hydrogen) atoms. The number of benzene rings is 1. The van der Waals surface area contributed by atoms with E-state index >= 15 is 0 Å². The lowest BCUT2D eigenvalue weighted by molar-refractivity contribution is 0.626. The minimum Gasteiger partial charge on any atom is -0.207 e. The van der Waals surface area contributed by atoms with Gasteiger partial charge in [0.2, 0.25) is 0 Å². The van der Waals surface area contributed by atoms with Gasteiger partial charge in [0.05, 0.1) is 0 Å². The van der Waals surface area contributed by atoms with E-state index in [0.717, 1.165) is 20.6 Å². The second-order valence-corrected chi connectivity index (χ2v) is 5.28. The maximum Gasteiger partial charge on any atom is 0.161 e. The second kappa shape index (κ2) is 4.83. The van der Waals surface area contributed by atoms with Gasteiger partial charge in [-0.15, -0.1) is 0 Å². The van der Waals surface area contributed by atoms with Crippen LogP contribution in [0.15, 0.2) is 33.4 Å². The van der Waals surface area contributed by atoms with Crippen molar-refractivity contribution in [2.24, 2.45) is 0 Å². The van der Waals surface area contributed by atoms with Gasteiger partial charge in [0.15, 0.2) is 5.15 Å². The Morgan fingerprint density at radius 1 is 1.38 bits per heavy atom. The van der Waals surface area contributed by atoms with E-state index in [0.29, 0.717) is 5.56 Å². The smallest absolute Gasteiger partial charge is 0.161 e. The molecule has 2 aromatic rings. The van der Waals surface area contributed by atoms with Crippen LogP contribution in [-0.4, -0.2) is 4.37 Å². The summed E-state index contributed by atoms with van der Waals surface area (Å²) in [6.45, 7) is 0. The van der Waals surface area contributed by atoms with Gasteiger partial charge in [-0.1, -0.05) is 23.4 Å². The number of nitrogens with zero attached hydrogens (tertiary/aromatic N) is 2. The molecule has 6 heteroatoms. The van der Waals surface area contributed by atoms with Crippen molar-refractivity contribution < 1.29 is 4.39 Å². The quantitative estimate of drug-likeness (QED) is 0.829. The number of nitriles is 1. The third-order valence-electron chi connectivity index (χ3n) is 1.76. The van der Waals surface area contributed by atoms with E-state index in [9.17, 15) is 4.39 Å². The van der Waals surface area contributed by atoms with Crippen molar-refractivity contribution in [3.8, 4) is 6.07 Å². The molecular formula is C10H4ClFN2S2. The monoisotopic (exact) mass is 270 g/mol. The zero-order valence-electron chi connectivity index (χ0n) is 7.78. The van der Waals surface area contributed by atoms with E-state index in [4.69, 9.17) is 16.9 Å². The van der Waals surface area contributed by atoms with Crippen molar-refractivity contribution >= 4 is 34.9 Å². The van der Waals surface area contributed by atoms with E-state index in [1.165, 1.54) is 23.9 Å². The van der Waals surface area contributed by atoms with Crippen molar-refractivity contribution in [3.05, 3.63) is 40.8 Å². The van der Waals surface area contributed by atoms with Crippen LogP contribution in [0.5, 0.6) is 0 Å². The highest BCUT2D eigenvalue weighted by Gasteiger charge is 2.12. The van der Waals surface area contributed by atoms with Gasteiger partial charge in [-0.3, -0.25) is 0 Å². The predicted octanol–water partition coefficient (Wildman–Crippen LogP) is 3.96. The molecule has 0 aliphatic carbocycles. The lowest BCUT2D eigenvalue weighted by Crippen LogP contribution is -1.76. The maximum atomic E-state index is 12.7. The molecule has 0 amide bonds. The molecule has 1 aromatic carbocycles. The van der Waals surface area contributed by atoms with Gasteiger partial charge >= 0.3 is 0 Å². The Labute approximate surface area is 105 Å². The molecule has 2 rings (SSSR count). The van der Waals surface area contributed by atoms with Crippen LogP contribution in [0.2, 0.25) is 5.15 Å². The Kier molecular flexibility index (Phi) is 3.44. The summed E-state index contributed by atoms with van der Waals surface area (Å²) in [6, 6.07) is 8.04. The Morgan fingerprint density at radius 3 is 2.69 bits per heavy atom. The molecule has 0 unspecified atom stereocenters. The second-order valence-electron chi connectivity index (χ2n) is 2.80. The van der Waals surface area contributed by atoms with Crippen LogP contribution in [0.1, 0.15) is 5.56 Å². The molecule has 0 fully saturated rings. The molecular weight excluding hydrogens is 267 g/mol. The average molecular weight is 271 g/mol. The van der Waals surface area contributed by atoms with Gasteiger partial charge in [-0.25, -0.2) is 4.39 Å². The molecule has 0 aliphatic heterocycles. The summed E-state index contributed by atoms with van der Waals surface area (Å²) >= 11 is 8.26. The highest BCUT2D eigenvalue weighted by molar-refractivity contribution is 8.01. The number of hydrogen-bond acceptors (Lipinski definition) is 4. The minimum atomic E-state index is -0.285. The number of halogens is 2. The SMILES string of the molecule is N#Cc1c(Cl)nsc1Sc1ccc(F)cc1. The molecule has 1 aromatic heterocycles. The number of rotatable bonds is 2. The maximum absolute atomic E-state index is 12.7. The third kappa shape index (κ3) is 2.35. The van der Waals surface area contributed by atoms with Gasteiger partial charge in [0.25, 0.3) is 0 Å². The van der Waals surface area contributed by atoms with Crippen LogP contribution in [0.3, 0.4) is 0 Å². The van der Waals surface area contributed by atoms with Gasteiger partial charge < -0.3 is 0 Å². The zero-order chi connectivity index (χ0) is 11.5. The van der Waals surface area contributed by atoms with Crippen LogP contribution in [0, 0.1) is 17.1 Å². The first kappa shape index (κ1) is 11.4. The van der Waals surface area contributed by atoms with Crippen LogP contribution >= 0.6 is 34.9 Å².